The van der Waals surface area contributed by atoms with Gasteiger partial charge in [0.1, 0.15) is 0 Å². The summed E-state index contributed by atoms with van der Waals surface area (Å²) in [5, 5.41) is 4.11. The summed E-state index contributed by atoms with van der Waals surface area (Å²) >= 11 is 0. The molecule has 0 aliphatic carbocycles. The Morgan fingerprint density at radius 3 is 2.24 bits per heavy atom. The molecule has 0 fully saturated rings. The van der Waals surface area contributed by atoms with Gasteiger partial charge in [-0.15, -0.1) is 0 Å². The van der Waals surface area contributed by atoms with Crippen molar-refractivity contribution < 1.29 is 0 Å². The Labute approximate surface area is 108 Å². The van der Waals surface area contributed by atoms with E-state index in [9.17, 15) is 0 Å². The maximum absolute atomic E-state index is 4.11. The van der Waals surface area contributed by atoms with E-state index in [1.807, 2.05) is 0 Å². The average molecular weight is 238 g/mol. The maximum Gasteiger partial charge on any atom is 0.0492 e. The zero-order valence-electron chi connectivity index (χ0n) is 12.0. The van der Waals surface area contributed by atoms with Crippen molar-refractivity contribution in [3.05, 3.63) is 12.7 Å². The predicted molar refractivity (Wildman–Crippen MR) is 78.5 cm³/mol. The van der Waals surface area contributed by atoms with Gasteiger partial charge >= 0.3 is 0 Å². The molecule has 0 atom stereocenters. The van der Waals surface area contributed by atoms with E-state index in [2.05, 4.69) is 37.9 Å². The molecule has 0 unspecified atom stereocenters. The lowest BCUT2D eigenvalue weighted by molar-refractivity contribution is 0.356. The minimum Gasteiger partial charge on any atom is -0.305 e. The van der Waals surface area contributed by atoms with Crippen LogP contribution in [0.4, 0.5) is 0 Å². The lowest BCUT2D eigenvalue weighted by atomic mass is 9.97. The Morgan fingerprint density at radius 1 is 1.06 bits per heavy atom. The van der Waals surface area contributed by atoms with Crippen molar-refractivity contribution in [3.63, 3.8) is 0 Å². The smallest absolute Gasteiger partial charge is 0.0492 e. The topological polar surface area (TPSA) is 24.4 Å². The zero-order chi connectivity index (χ0) is 13.0. The number of unbranched alkanes of at least 4 members (excludes halogenated alkanes) is 6. The molecule has 0 radical (unpaired) electrons. The molecule has 0 aliphatic rings. The minimum atomic E-state index is 0.100. The van der Waals surface area contributed by atoms with E-state index in [-0.39, 0.29) is 5.54 Å². The third-order valence-corrected chi connectivity index (χ3v) is 2.95. The number of rotatable bonds is 11. The second kappa shape index (κ2) is 10.4. The van der Waals surface area contributed by atoms with Crippen LogP contribution in [-0.4, -0.2) is 11.8 Å². The third kappa shape index (κ3) is 11.5. The van der Waals surface area contributed by atoms with Gasteiger partial charge in [-0.3, -0.25) is 0 Å². The number of hydrazone groups is 1. The molecule has 0 aromatic rings. The van der Waals surface area contributed by atoms with Gasteiger partial charge < -0.3 is 5.43 Å². The van der Waals surface area contributed by atoms with Crippen LogP contribution in [-0.2, 0) is 0 Å². The van der Waals surface area contributed by atoms with Crippen LogP contribution in [0.15, 0.2) is 17.8 Å². The molecule has 0 rings (SSSR count). The molecule has 0 amide bonds. The standard InChI is InChI=1S/C15H30N2/c1-5-7-8-9-10-11-12-13-15(3,4)17-16-14-6-2/h6,14,17H,2,5,7-13H2,1,3-4H3. The highest BCUT2D eigenvalue weighted by Gasteiger charge is 2.14. The first-order valence-corrected chi connectivity index (χ1v) is 7.03. The second-order valence-electron chi connectivity index (χ2n) is 5.38. The maximum atomic E-state index is 4.11. The molecule has 100 valence electrons. The molecule has 0 aromatic heterocycles. The Bertz CT molecular complexity index is 207. The van der Waals surface area contributed by atoms with E-state index < -0.39 is 0 Å². The Morgan fingerprint density at radius 2 is 1.65 bits per heavy atom. The number of hydrogen-bond acceptors (Lipinski definition) is 2. The first-order chi connectivity index (χ1) is 8.12. The monoisotopic (exact) mass is 238 g/mol. The number of nitrogens with one attached hydrogen (secondary N) is 1. The van der Waals surface area contributed by atoms with Gasteiger partial charge in [0.25, 0.3) is 0 Å². The van der Waals surface area contributed by atoms with Crippen LogP contribution in [0.25, 0.3) is 0 Å². The fraction of sp³-hybridized carbons (Fsp3) is 0.800. The number of nitrogens with zero attached hydrogens (tertiary/aromatic N) is 1. The first kappa shape index (κ1) is 16.2. The summed E-state index contributed by atoms with van der Waals surface area (Å²) in [6.07, 6.45) is 14.1. The molecule has 0 spiro atoms. The first-order valence-electron chi connectivity index (χ1n) is 7.03. The van der Waals surface area contributed by atoms with E-state index in [0.717, 1.165) is 0 Å². The lowest BCUT2D eigenvalue weighted by Gasteiger charge is -2.24. The molecule has 0 aliphatic heterocycles. The summed E-state index contributed by atoms with van der Waals surface area (Å²) in [7, 11) is 0. The van der Waals surface area contributed by atoms with Gasteiger partial charge in [0.05, 0.1) is 0 Å². The van der Waals surface area contributed by atoms with E-state index in [0.29, 0.717) is 0 Å². The summed E-state index contributed by atoms with van der Waals surface area (Å²) in [6.45, 7) is 10.3. The van der Waals surface area contributed by atoms with Gasteiger partial charge in [0.15, 0.2) is 0 Å². The van der Waals surface area contributed by atoms with E-state index >= 15 is 0 Å². The number of allylic oxidation sites excluding steroid dienone is 1. The lowest BCUT2D eigenvalue weighted by Crippen LogP contribution is -2.35. The molecular formula is C15H30N2. The van der Waals surface area contributed by atoms with Crippen molar-refractivity contribution in [2.24, 2.45) is 5.10 Å². The highest BCUT2D eigenvalue weighted by Crippen LogP contribution is 2.15. The van der Waals surface area contributed by atoms with Gasteiger partial charge in [0.2, 0.25) is 0 Å². The Hall–Kier alpha value is -0.790. The van der Waals surface area contributed by atoms with E-state index in [1.54, 1.807) is 12.3 Å². The average Bonchev–Trinajstić information content (AvgIpc) is 2.28. The fourth-order valence-electron chi connectivity index (χ4n) is 1.84. The molecule has 0 saturated carbocycles. The van der Waals surface area contributed by atoms with Gasteiger partial charge in [-0.05, 0) is 26.3 Å². The molecule has 0 bridgehead atoms. The number of hydrogen-bond donors (Lipinski definition) is 1. The van der Waals surface area contributed by atoms with Gasteiger partial charge in [-0.2, -0.15) is 5.10 Å². The molecule has 0 aromatic carbocycles. The zero-order valence-corrected chi connectivity index (χ0v) is 12.0. The van der Waals surface area contributed by atoms with Crippen LogP contribution < -0.4 is 5.43 Å². The summed E-state index contributed by atoms with van der Waals surface area (Å²) < 4.78 is 0. The molecule has 1 N–H and O–H groups in total. The van der Waals surface area contributed by atoms with Crippen LogP contribution in [0.3, 0.4) is 0 Å². The van der Waals surface area contributed by atoms with E-state index in [1.165, 1.54) is 51.4 Å². The summed E-state index contributed by atoms with van der Waals surface area (Å²) in [6, 6.07) is 0. The normalized spacial score (nSPS) is 11.9. The van der Waals surface area contributed by atoms with Gasteiger partial charge in [-0.25, -0.2) is 0 Å². The second-order valence-corrected chi connectivity index (χ2v) is 5.38. The molecule has 2 nitrogen and oxygen atoms in total. The van der Waals surface area contributed by atoms with Crippen molar-refractivity contribution in [2.75, 3.05) is 0 Å². The van der Waals surface area contributed by atoms with Crippen molar-refractivity contribution in [1.29, 1.82) is 0 Å². The van der Waals surface area contributed by atoms with Crippen LogP contribution in [0.1, 0.15) is 72.1 Å². The highest BCUT2D eigenvalue weighted by molar-refractivity contribution is 5.69. The summed E-state index contributed by atoms with van der Waals surface area (Å²) in [5.41, 5.74) is 3.27. The summed E-state index contributed by atoms with van der Waals surface area (Å²) in [4.78, 5) is 0. The molecule has 17 heavy (non-hydrogen) atoms. The fourth-order valence-corrected chi connectivity index (χ4v) is 1.84. The largest absolute Gasteiger partial charge is 0.305 e. The van der Waals surface area contributed by atoms with Crippen molar-refractivity contribution in [3.8, 4) is 0 Å². The molecular weight excluding hydrogens is 208 g/mol. The molecule has 0 heterocycles. The van der Waals surface area contributed by atoms with Gasteiger partial charge in [0, 0.05) is 11.8 Å². The van der Waals surface area contributed by atoms with E-state index in [4.69, 9.17) is 0 Å². The third-order valence-electron chi connectivity index (χ3n) is 2.95. The van der Waals surface area contributed by atoms with Crippen LogP contribution in [0.2, 0.25) is 0 Å². The van der Waals surface area contributed by atoms with Crippen LogP contribution >= 0.6 is 0 Å². The SMILES string of the molecule is C=CC=NNC(C)(C)CCCCCCCCC. The Balaban J connectivity index is 3.45. The van der Waals surface area contributed by atoms with Crippen molar-refractivity contribution >= 4 is 6.21 Å². The quantitative estimate of drug-likeness (QED) is 0.316. The van der Waals surface area contributed by atoms with Gasteiger partial charge in [-0.1, -0.05) is 58.4 Å². The predicted octanol–water partition coefficient (Wildman–Crippen LogP) is 4.67. The van der Waals surface area contributed by atoms with Crippen molar-refractivity contribution in [1.82, 2.24) is 5.43 Å². The Kier molecular flexibility index (Phi) is 9.89. The van der Waals surface area contributed by atoms with Crippen molar-refractivity contribution in [2.45, 2.75) is 77.7 Å². The van der Waals surface area contributed by atoms with Crippen LogP contribution in [0.5, 0.6) is 0 Å². The molecule has 2 heteroatoms. The highest BCUT2D eigenvalue weighted by atomic mass is 15.3. The van der Waals surface area contributed by atoms with Crippen LogP contribution in [0, 0.1) is 0 Å². The molecule has 0 saturated heterocycles. The summed E-state index contributed by atoms with van der Waals surface area (Å²) in [5.74, 6) is 0. The minimum absolute atomic E-state index is 0.100.